The van der Waals surface area contributed by atoms with Crippen LogP contribution in [0.1, 0.15) is 34.6 Å². The average molecular weight is 307 g/mol. The molecule has 1 atom stereocenters. The molecular formula is C14H21N5OS. The minimum Gasteiger partial charge on any atom is -0.337 e. The number of carbonyl (C=O) groups excluding carboxylic acids is 1. The van der Waals surface area contributed by atoms with Gasteiger partial charge in [0.05, 0.1) is 5.25 Å². The largest absolute Gasteiger partial charge is 0.337 e. The van der Waals surface area contributed by atoms with Crippen LogP contribution in [0, 0.1) is 0 Å². The van der Waals surface area contributed by atoms with Gasteiger partial charge in [-0.25, -0.2) is 9.50 Å². The van der Waals surface area contributed by atoms with Gasteiger partial charge in [-0.05, 0) is 40.7 Å². The topological polar surface area (TPSA) is 63.4 Å². The van der Waals surface area contributed by atoms with Gasteiger partial charge in [-0.1, -0.05) is 11.8 Å². The van der Waals surface area contributed by atoms with Crippen molar-refractivity contribution in [1.82, 2.24) is 24.5 Å². The van der Waals surface area contributed by atoms with Crippen LogP contribution < -0.4 is 0 Å². The number of hydrogen-bond donors (Lipinski definition) is 0. The van der Waals surface area contributed by atoms with Crippen molar-refractivity contribution < 1.29 is 4.79 Å². The van der Waals surface area contributed by atoms with Crippen molar-refractivity contribution in [3.8, 4) is 0 Å². The fourth-order valence-electron chi connectivity index (χ4n) is 2.29. The lowest BCUT2D eigenvalue weighted by Crippen LogP contribution is -2.45. The van der Waals surface area contributed by atoms with Crippen molar-refractivity contribution in [3.63, 3.8) is 0 Å². The lowest BCUT2D eigenvalue weighted by Gasteiger charge is -2.32. The number of amides is 1. The number of rotatable bonds is 5. The van der Waals surface area contributed by atoms with Gasteiger partial charge in [0.15, 0.2) is 0 Å². The predicted molar refractivity (Wildman–Crippen MR) is 83.2 cm³/mol. The molecule has 0 saturated carbocycles. The van der Waals surface area contributed by atoms with E-state index in [9.17, 15) is 4.79 Å². The Bertz CT molecular complexity index is 584. The Morgan fingerprint density at radius 3 is 2.48 bits per heavy atom. The van der Waals surface area contributed by atoms with Crippen molar-refractivity contribution >= 4 is 23.4 Å². The molecule has 2 heterocycles. The van der Waals surface area contributed by atoms with Crippen molar-refractivity contribution in [2.24, 2.45) is 0 Å². The van der Waals surface area contributed by atoms with Crippen LogP contribution in [0.5, 0.6) is 0 Å². The van der Waals surface area contributed by atoms with E-state index in [1.54, 1.807) is 23.0 Å². The maximum Gasteiger partial charge on any atom is 0.253 e. The summed E-state index contributed by atoms with van der Waals surface area (Å²) in [6.07, 6.45) is 3.47. The maximum absolute atomic E-state index is 12.6. The molecule has 2 aromatic rings. The Balaban J connectivity index is 2.12. The first-order chi connectivity index (χ1) is 9.90. The fraction of sp³-hybridized carbons (Fsp3) is 0.571. The van der Waals surface area contributed by atoms with Crippen molar-refractivity contribution in [3.05, 3.63) is 18.5 Å². The Labute approximate surface area is 129 Å². The first-order valence-corrected chi connectivity index (χ1v) is 7.94. The summed E-state index contributed by atoms with van der Waals surface area (Å²) in [7, 11) is 0. The van der Waals surface area contributed by atoms with Crippen LogP contribution in [0.2, 0.25) is 0 Å². The monoisotopic (exact) mass is 307 g/mol. The molecule has 0 bridgehead atoms. The molecule has 6 nitrogen and oxygen atoms in total. The summed E-state index contributed by atoms with van der Waals surface area (Å²) in [6.45, 7) is 10.0. The fourth-order valence-corrected chi connectivity index (χ4v) is 3.10. The van der Waals surface area contributed by atoms with E-state index in [0.717, 1.165) is 0 Å². The van der Waals surface area contributed by atoms with Gasteiger partial charge in [-0.2, -0.15) is 4.98 Å². The number of hydrogen-bond acceptors (Lipinski definition) is 5. The van der Waals surface area contributed by atoms with Gasteiger partial charge in [0, 0.05) is 24.5 Å². The predicted octanol–water partition coefficient (Wildman–Crippen LogP) is 2.25. The van der Waals surface area contributed by atoms with Gasteiger partial charge in [0.1, 0.15) is 0 Å². The van der Waals surface area contributed by atoms with E-state index in [-0.39, 0.29) is 23.2 Å². The number of nitrogens with zero attached hydrogens (tertiary/aromatic N) is 5. The van der Waals surface area contributed by atoms with Gasteiger partial charge in [0.2, 0.25) is 11.1 Å². The van der Waals surface area contributed by atoms with Crippen molar-refractivity contribution in [2.75, 3.05) is 0 Å². The van der Waals surface area contributed by atoms with E-state index in [4.69, 9.17) is 0 Å². The zero-order chi connectivity index (χ0) is 15.6. The highest BCUT2D eigenvalue weighted by atomic mass is 32.2. The molecular weight excluding hydrogens is 286 g/mol. The molecule has 0 saturated heterocycles. The normalized spacial score (nSPS) is 13.1. The van der Waals surface area contributed by atoms with E-state index in [1.165, 1.54) is 11.8 Å². The van der Waals surface area contributed by atoms with Gasteiger partial charge >= 0.3 is 0 Å². The van der Waals surface area contributed by atoms with E-state index in [0.29, 0.717) is 10.9 Å². The van der Waals surface area contributed by atoms with Crippen LogP contribution in [0.3, 0.4) is 0 Å². The summed E-state index contributed by atoms with van der Waals surface area (Å²) in [6, 6.07) is 2.15. The lowest BCUT2D eigenvalue weighted by atomic mass is 10.2. The second kappa shape index (κ2) is 6.43. The molecule has 0 radical (unpaired) electrons. The highest BCUT2D eigenvalue weighted by Crippen LogP contribution is 2.23. The second-order valence-electron chi connectivity index (χ2n) is 5.45. The molecule has 7 heteroatoms. The summed E-state index contributed by atoms with van der Waals surface area (Å²) in [5.41, 5.74) is 0. The summed E-state index contributed by atoms with van der Waals surface area (Å²) >= 11 is 1.37. The highest BCUT2D eigenvalue weighted by molar-refractivity contribution is 8.00. The molecule has 0 aliphatic heterocycles. The number of fused-ring (bicyclic) bond motifs is 1. The smallest absolute Gasteiger partial charge is 0.253 e. The molecule has 0 N–H and O–H groups in total. The lowest BCUT2D eigenvalue weighted by molar-refractivity contribution is -0.133. The summed E-state index contributed by atoms with van der Waals surface area (Å²) in [4.78, 5) is 22.9. The van der Waals surface area contributed by atoms with Gasteiger partial charge < -0.3 is 4.90 Å². The van der Waals surface area contributed by atoms with Crippen LogP contribution in [-0.2, 0) is 4.79 Å². The first-order valence-electron chi connectivity index (χ1n) is 7.06. The molecule has 0 spiro atoms. The molecule has 21 heavy (non-hydrogen) atoms. The molecule has 1 unspecified atom stereocenters. The van der Waals surface area contributed by atoms with Crippen molar-refractivity contribution in [2.45, 2.75) is 57.1 Å². The SMILES string of the molecule is CC(Sc1nc2ncccn2n1)C(=O)N(C(C)C)C(C)C. The zero-order valence-corrected chi connectivity index (χ0v) is 13.8. The van der Waals surface area contributed by atoms with E-state index < -0.39 is 0 Å². The van der Waals surface area contributed by atoms with E-state index in [2.05, 4.69) is 15.1 Å². The third-order valence-electron chi connectivity index (χ3n) is 3.09. The minimum atomic E-state index is -0.229. The number of aromatic nitrogens is 4. The molecule has 0 fully saturated rings. The Kier molecular flexibility index (Phi) is 4.82. The Hall–Kier alpha value is -1.63. The number of thioether (sulfide) groups is 1. The van der Waals surface area contributed by atoms with Crippen LogP contribution in [0.25, 0.3) is 5.78 Å². The van der Waals surface area contributed by atoms with Gasteiger partial charge in [-0.3, -0.25) is 4.79 Å². The Morgan fingerprint density at radius 2 is 1.90 bits per heavy atom. The summed E-state index contributed by atoms with van der Waals surface area (Å²) < 4.78 is 1.61. The van der Waals surface area contributed by atoms with E-state index >= 15 is 0 Å². The standard InChI is InChI=1S/C14H21N5OS/c1-9(2)19(10(3)4)12(20)11(5)21-14-16-13-15-7-6-8-18(13)17-14/h6-11H,1-5H3. The Morgan fingerprint density at radius 1 is 1.24 bits per heavy atom. The quantitative estimate of drug-likeness (QED) is 0.793. The van der Waals surface area contributed by atoms with Crippen LogP contribution in [0.15, 0.2) is 23.6 Å². The highest BCUT2D eigenvalue weighted by Gasteiger charge is 2.26. The van der Waals surface area contributed by atoms with Crippen molar-refractivity contribution in [1.29, 1.82) is 0 Å². The summed E-state index contributed by atoms with van der Waals surface area (Å²) in [5, 5.41) is 4.66. The van der Waals surface area contributed by atoms with Crippen LogP contribution >= 0.6 is 11.8 Å². The third-order valence-corrected chi connectivity index (χ3v) is 4.03. The molecule has 1 amide bonds. The molecule has 0 aliphatic carbocycles. The number of carbonyl (C=O) groups is 1. The molecule has 2 aromatic heterocycles. The zero-order valence-electron chi connectivity index (χ0n) is 13.0. The van der Waals surface area contributed by atoms with E-state index in [1.807, 2.05) is 39.5 Å². The molecule has 0 aliphatic rings. The van der Waals surface area contributed by atoms with Gasteiger partial charge in [-0.15, -0.1) is 5.10 Å². The minimum absolute atomic E-state index is 0.108. The van der Waals surface area contributed by atoms with Gasteiger partial charge in [0.25, 0.3) is 5.78 Å². The average Bonchev–Trinajstić information content (AvgIpc) is 2.79. The molecule has 0 aromatic carbocycles. The second-order valence-corrected chi connectivity index (χ2v) is 6.76. The molecule has 2 rings (SSSR count). The summed E-state index contributed by atoms with van der Waals surface area (Å²) in [5.74, 6) is 0.654. The maximum atomic E-state index is 12.6. The van der Waals surface area contributed by atoms with Crippen LogP contribution in [-0.4, -0.2) is 47.7 Å². The van der Waals surface area contributed by atoms with Crippen LogP contribution in [0.4, 0.5) is 0 Å². The molecule has 114 valence electrons. The third kappa shape index (κ3) is 3.53. The first kappa shape index (κ1) is 15.8.